The number of rotatable bonds is 2. The van der Waals surface area contributed by atoms with Crippen molar-refractivity contribution in [3.63, 3.8) is 0 Å². The lowest BCUT2D eigenvalue weighted by Gasteiger charge is -2.20. The zero-order valence-corrected chi connectivity index (χ0v) is 11.5. The highest BCUT2D eigenvalue weighted by Gasteiger charge is 2.14. The molecule has 1 aliphatic rings. The zero-order valence-electron chi connectivity index (χ0n) is 9.85. The van der Waals surface area contributed by atoms with E-state index in [-0.39, 0.29) is 0 Å². The fourth-order valence-electron chi connectivity index (χ4n) is 1.77. The minimum atomic E-state index is 0.334. The maximum absolute atomic E-state index is 5.63. The third-order valence-electron chi connectivity index (χ3n) is 2.60. The quantitative estimate of drug-likeness (QED) is 0.818. The van der Waals surface area contributed by atoms with Gasteiger partial charge in [-0.1, -0.05) is 12.2 Å². The number of thiocarbonyl (C=S) groups is 1. The van der Waals surface area contributed by atoms with Crippen molar-refractivity contribution in [1.82, 2.24) is 9.97 Å². The predicted molar refractivity (Wildman–Crippen MR) is 76.8 cm³/mol. The Bertz CT molecular complexity index is 414. The van der Waals surface area contributed by atoms with Crippen molar-refractivity contribution in [2.45, 2.75) is 13.3 Å². The van der Waals surface area contributed by atoms with Crippen LogP contribution in [0.25, 0.3) is 0 Å². The molecule has 0 unspecified atom stereocenters. The summed E-state index contributed by atoms with van der Waals surface area (Å²) in [5, 5.41) is 0. The number of hydrogen-bond acceptors (Lipinski definition) is 5. The van der Waals surface area contributed by atoms with Gasteiger partial charge in [0, 0.05) is 24.5 Å². The Morgan fingerprint density at radius 2 is 2.24 bits per heavy atom. The Balaban J connectivity index is 2.27. The van der Waals surface area contributed by atoms with Crippen LogP contribution in [0.5, 0.6) is 0 Å². The fourth-order valence-corrected chi connectivity index (χ4v) is 2.76. The molecule has 2 heterocycles. The highest BCUT2D eigenvalue weighted by molar-refractivity contribution is 7.99. The molecular weight excluding hydrogens is 252 g/mol. The molecule has 0 bridgehead atoms. The van der Waals surface area contributed by atoms with Crippen LogP contribution in [-0.2, 0) is 0 Å². The molecule has 0 amide bonds. The van der Waals surface area contributed by atoms with E-state index in [2.05, 4.69) is 14.9 Å². The molecule has 0 saturated carbocycles. The van der Waals surface area contributed by atoms with E-state index in [1.165, 1.54) is 12.2 Å². The molecule has 1 aliphatic heterocycles. The lowest BCUT2D eigenvalue weighted by Crippen LogP contribution is -2.28. The van der Waals surface area contributed by atoms with Crippen LogP contribution in [0.4, 0.5) is 5.95 Å². The second kappa shape index (κ2) is 5.64. The lowest BCUT2D eigenvalue weighted by atomic mass is 10.3. The first-order valence-electron chi connectivity index (χ1n) is 5.65. The van der Waals surface area contributed by atoms with Crippen molar-refractivity contribution in [3.05, 3.63) is 17.5 Å². The number of anilines is 1. The first-order chi connectivity index (χ1) is 8.16. The molecule has 0 radical (unpaired) electrons. The summed E-state index contributed by atoms with van der Waals surface area (Å²) >= 11 is 6.96. The summed E-state index contributed by atoms with van der Waals surface area (Å²) in [5.74, 6) is 3.10. The Morgan fingerprint density at radius 3 is 3.00 bits per heavy atom. The zero-order chi connectivity index (χ0) is 12.3. The summed E-state index contributed by atoms with van der Waals surface area (Å²) in [6, 6.07) is 1.83. The van der Waals surface area contributed by atoms with Gasteiger partial charge in [-0.25, -0.2) is 9.97 Å². The van der Waals surface area contributed by atoms with Crippen molar-refractivity contribution in [1.29, 1.82) is 0 Å². The van der Waals surface area contributed by atoms with Gasteiger partial charge in [0.05, 0.1) is 0 Å². The molecule has 4 nitrogen and oxygen atoms in total. The first-order valence-corrected chi connectivity index (χ1v) is 7.21. The van der Waals surface area contributed by atoms with Crippen LogP contribution in [0, 0.1) is 6.92 Å². The smallest absolute Gasteiger partial charge is 0.226 e. The number of thioether (sulfide) groups is 1. The number of nitrogens with two attached hydrogens (primary N) is 1. The molecule has 0 spiro atoms. The molecule has 2 N–H and O–H groups in total. The maximum Gasteiger partial charge on any atom is 0.226 e. The molecular formula is C11H16N4S2. The van der Waals surface area contributed by atoms with Gasteiger partial charge in [-0.15, -0.1) is 0 Å². The standard InChI is InChI=1S/C11H16N4S2/c1-8-7-9(10(12)16)14-11(13-8)15-3-2-5-17-6-4-15/h7H,2-6H2,1H3,(H2,12,16). The highest BCUT2D eigenvalue weighted by Crippen LogP contribution is 2.16. The van der Waals surface area contributed by atoms with E-state index in [0.717, 1.165) is 30.5 Å². The van der Waals surface area contributed by atoms with Gasteiger partial charge in [-0.05, 0) is 25.2 Å². The Hall–Kier alpha value is -0.880. The summed E-state index contributed by atoms with van der Waals surface area (Å²) in [6.45, 7) is 3.94. The van der Waals surface area contributed by atoms with Gasteiger partial charge in [-0.2, -0.15) is 11.8 Å². The largest absolute Gasteiger partial charge is 0.388 e. The van der Waals surface area contributed by atoms with E-state index in [1.54, 1.807) is 0 Å². The van der Waals surface area contributed by atoms with Gasteiger partial charge in [0.15, 0.2) is 0 Å². The van der Waals surface area contributed by atoms with Crippen molar-refractivity contribution in [2.24, 2.45) is 5.73 Å². The molecule has 0 atom stereocenters. The average Bonchev–Trinajstić information content (AvgIpc) is 2.56. The SMILES string of the molecule is Cc1cc(C(N)=S)nc(N2CCCSCC2)n1. The van der Waals surface area contributed by atoms with Crippen LogP contribution in [-0.4, -0.2) is 39.6 Å². The van der Waals surface area contributed by atoms with Crippen LogP contribution in [0.1, 0.15) is 17.8 Å². The van der Waals surface area contributed by atoms with E-state index < -0.39 is 0 Å². The molecule has 6 heteroatoms. The van der Waals surface area contributed by atoms with Gasteiger partial charge < -0.3 is 10.6 Å². The third-order valence-corrected chi connectivity index (χ3v) is 3.86. The van der Waals surface area contributed by atoms with Crippen molar-refractivity contribution < 1.29 is 0 Å². The van der Waals surface area contributed by atoms with Gasteiger partial charge in [0.2, 0.25) is 5.95 Å². The van der Waals surface area contributed by atoms with Crippen LogP contribution in [0.3, 0.4) is 0 Å². The van der Waals surface area contributed by atoms with Crippen molar-refractivity contribution in [2.75, 3.05) is 29.5 Å². The van der Waals surface area contributed by atoms with Gasteiger partial charge in [0.1, 0.15) is 10.7 Å². The van der Waals surface area contributed by atoms with Crippen molar-refractivity contribution >= 4 is 34.9 Å². The average molecular weight is 268 g/mol. The van der Waals surface area contributed by atoms with Gasteiger partial charge in [0.25, 0.3) is 0 Å². The second-order valence-corrected chi connectivity index (χ2v) is 5.68. The van der Waals surface area contributed by atoms with E-state index in [9.17, 15) is 0 Å². The lowest BCUT2D eigenvalue weighted by molar-refractivity contribution is 0.778. The Morgan fingerprint density at radius 1 is 1.41 bits per heavy atom. The molecule has 1 saturated heterocycles. The molecule has 92 valence electrons. The van der Waals surface area contributed by atoms with E-state index in [0.29, 0.717) is 10.7 Å². The molecule has 1 aromatic rings. The summed E-state index contributed by atoms with van der Waals surface area (Å²) in [5.41, 5.74) is 7.21. The van der Waals surface area contributed by atoms with Gasteiger partial charge in [-0.3, -0.25) is 0 Å². The summed E-state index contributed by atoms with van der Waals surface area (Å²) in [6.07, 6.45) is 1.17. The number of aryl methyl sites for hydroxylation is 1. The predicted octanol–water partition coefficient (Wildman–Crippen LogP) is 1.36. The fraction of sp³-hybridized carbons (Fsp3) is 0.545. The summed E-state index contributed by atoms with van der Waals surface area (Å²) in [7, 11) is 0. The van der Waals surface area contributed by atoms with Crippen LogP contribution in [0.15, 0.2) is 6.07 Å². The van der Waals surface area contributed by atoms with Gasteiger partial charge >= 0.3 is 0 Å². The first kappa shape index (κ1) is 12.6. The number of hydrogen-bond donors (Lipinski definition) is 1. The summed E-state index contributed by atoms with van der Waals surface area (Å²) in [4.78, 5) is 11.5. The molecule has 2 rings (SSSR count). The molecule has 1 fully saturated rings. The van der Waals surface area contributed by atoms with Crippen molar-refractivity contribution in [3.8, 4) is 0 Å². The topological polar surface area (TPSA) is 55.0 Å². The molecule has 0 aliphatic carbocycles. The van der Waals surface area contributed by atoms with E-state index in [1.807, 2.05) is 24.8 Å². The Labute approximate surface area is 111 Å². The Kier molecular flexibility index (Phi) is 4.17. The third kappa shape index (κ3) is 3.29. The minimum Gasteiger partial charge on any atom is -0.388 e. The number of nitrogens with zero attached hydrogens (tertiary/aromatic N) is 3. The molecule has 0 aromatic carbocycles. The van der Waals surface area contributed by atoms with Crippen LogP contribution in [0.2, 0.25) is 0 Å². The molecule has 1 aromatic heterocycles. The second-order valence-electron chi connectivity index (χ2n) is 4.01. The normalized spacial score (nSPS) is 16.6. The van der Waals surface area contributed by atoms with E-state index in [4.69, 9.17) is 18.0 Å². The van der Waals surface area contributed by atoms with Crippen LogP contribution < -0.4 is 10.6 Å². The minimum absolute atomic E-state index is 0.334. The maximum atomic E-state index is 5.63. The molecule has 17 heavy (non-hydrogen) atoms. The highest BCUT2D eigenvalue weighted by atomic mass is 32.2. The van der Waals surface area contributed by atoms with Crippen LogP contribution >= 0.6 is 24.0 Å². The van der Waals surface area contributed by atoms with E-state index >= 15 is 0 Å². The monoisotopic (exact) mass is 268 g/mol. The number of aromatic nitrogens is 2. The summed E-state index contributed by atoms with van der Waals surface area (Å²) < 4.78 is 0.